The maximum atomic E-state index is 12.5. The predicted octanol–water partition coefficient (Wildman–Crippen LogP) is 3.27. The number of benzene rings is 1. The molecule has 0 radical (unpaired) electrons. The van der Waals surface area contributed by atoms with Crippen LogP contribution >= 0.6 is 0 Å². The summed E-state index contributed by atoms with van der Waals surface area (Å²) in [5.41, 5.74) is 1.91. The number of sulfonamides is 1. The van der Waals surface area contributed by atoms with Gasteiger partial charge in [-0.25, -0.2) is 23.1 Å². The van der Waals surface area contributed by atoms with Crippen molar-refractivity contribution >= 4 is 27.6 Å². The number of nitrogens with one attached hydrogen (secondary N) is 2. The Bertz CT molecular complexity index is 856. The fourth-order valence-corrected chi connectivity index (χ4v) is 3.52. The minimum Gasteiger partial charge on any atom is -0.326 e. The second-order valence-electron chi connectivity index (χ2n) is 6.11. The first kappa shape index (κ1) is 19.8. The topological polar surface area (TPSA) is 101 Å². The Morgan fingerprint density at radius 2 is 1.58 bits per heavy atom. The van der Waals surface area contributed by atoms with Crippen molar-refractivity contribution in [3.05, 3.63) is 41.7 Å². The number of aromatic nitrogens is 2. The molecule has 0 aliphatic rings. The monoisotopic (exact) mass is 376 g/mol. The number of hydrogen-bond donors (Lipinski definition) is 2. The van der Waals surface area contributed by atoms with Gasteiger partial charge < -0.3 is 5.32 Å². The lowest BCUT2D eigenvalue weighted by Gasteiger charge is -2.13. The molecule has 2 aromatic rings. The first-order chi connectivity index (χ1) is 12.2. The van der Waals surface area contributed by atoms with Gasteiger partial charge in [-0.2, -0.15) is 0 Å². The Morgan fingerprint density at radius 3 is 2.08 bits per heavy atom. The lowest BCUT2D eigenvalue weighted by molar-refractivity contribution is -0.120. The molecule has 1 amide bonds. The van der Waals surface area contributed by atoms with E-state index in [9.17, 15) is 13.2 Å². The Morgan fingerprint density at radius 1 is 1.04 bits per heavy atom. The molecule has 0 atom stereocenters. The van der Waals surface area contributed by atoms with E-state index in [1.807, 2.05) is 13.8 Å². The summed E-state index contributed by atoms with van der Waals surface area (Å²) in [7, 11) is -3.81. The third kappa shape index (κ3) is 5.01. The molecule has 0 saturated heterocycles. The third-order valence-electron chi connectivity index (χ3n) is 4.00. The second kappa shape index (κ2) is 8.27. The fraction of sp³-hybridized carbons (Fsp3) is 0.389. The van der Waals surface area contributed by atoms with E-state index < -0.39 is 10.0 Å². The fourth-order valence-electron chi connectivity index (χ4n) is 2.57. The van der Waals surface area contributed by atoms with Crippen molar-refractivity contribution in [1.82, 2.24) is 9.97 Å². The van der Waals surface area contributed by atoms with Crippen LogP contribution in [0.5, 0.6) is 0 Å². The molecule has 0 fully saturated rings. The molecule has 1 aromatic carbocycles. The number of hydrogen-bond acceptors (Lipinski definition) is 5. The van der Waals surface area contributed by atoms with Crippen LogP contribution < -0.4 is 10.0 Å². The van der Waals surface area contributed by atoms with E-state index in [-0.39, 0.29) is 22.7 Å². The van der Waals surface area contributed by atoms with E-state index in [4.69, 9.17) is 0 Å². The number of anilines is 2. The van der Waals surface area contributed by atoms with Crippen LogP contribution in [0.2, 0.25) is 0 Å². The number of rotatable bonds is 7. The molecule has 2 N–H and O–H groups in total. The van der Waals surface area contributed by atoms with E-state index in [0.717, 1.165) is 12.8 Å². The van der Waals surface area contributed by atoms with Gasteiger partial charge in [0.15, 0.2) is 0 Å². The Labute approximate surface area is 154 Å². The van der Waals surface area contributed by atoms with E-state index >= 15 is 0 Å². The minimum absolute atomic E-state index is 0.0358. The molecule has 1 aromatic heterocycles. The van der Waals surface area contributed by atoms with Crippen LogP contribution in [0.4, 0.5) is 11.6 Å². The zero-order chi connectivity index (χ0) is 19.3. The van der Waals surface area contributed by atoms with E-state index in [1.54, 1.807) is 32.0 Å². The normalized spacial score (nSPS) is 11.4. The first-order valence-corrected chi connectivity index (χ1v) is 9.99. The van der Waals surface area contributed by atoms with Crippen LogP contribution in [0.15, 0.2) is 35.2 Å². The van der Waals surface area contributed by atoms with Gasteiger partial charge in [-0.3, -0.25) is 4.79 Å². The number of nitrogens with zero attached hydrogens (tertiary/aromatic N) is 2. The molecule has 1 heterocycles. The largest absolute Gasteiger partial charge is 0.326 e. The summed E-state index contributed by atoms with van der Waals surface area (Å²) >= 11 is 0. The standard InChI is InChI=1S/C18H24N4O3S/c1-5-14(6-2)17(23)21-15-7-9-16(10-8-15)26(24,25)22-18-19-12(3)11-13(4)20-18/h7-11,14H,5-6H2,1-4H3,(H,21,23)(H,19,20,22). The lowest BCUT2D eigenvalue weighted by Crippen LogP contribution is -2.21. The van der Waals surface area contributed by atoms with Crippen LogP contribution in [-0.4, -0.2) is 24.3 Å². The van der Waals surface area contributed by atoms with Crippen molar-refractivity contribution in [2.75, 3.05) is 10.0 Å². The summed E-state index contributed by atoms with van der Waals surface area (Å²) in [6, 6.07) is 7.77. The third-order valence-corrected chi connectivity index (χ3v) is 5.34. The highest BCUT2D eigenvalue weighted by molar-refractivity contribution is 7.92. The second-order valence-corrected chi connectivity index (χ2v) is 7.79. The maximum Gasteiger partial charge on any atom is 0.264 e. The molecule has 0 spiro atoms. The first-order valence-electron chi connectivity index (χ1n) is 8.51. The molecule has 0 aliphatic carbocycles. The predicted molar refractivity (Wildman–Crippen MR) is 101 cm³/mol. The minimum atomic E-state index is -3.81. The SMILES string of the molecule is CCC(CC)C(=O)Nc1ccc(S(=O)(=O)Nc2nc(C)cc(C)n2)cc1. The maximum absolute atomic E-state index is 12.5. The van der Waals surface area contributed by atoms with Gasteiger partial charge in [0.05, 0.1) is 4.90 Å². The molecule has 26 heavy (non-hydrogen) atoms. The van der Waals surface area contributed by atoms with Gasteiger partial charge >= 0.3 is 0 Å². The van der Waals surface area contributed by atoms with Crippen LogP contribution in [0.1, 0.15) is 38.1 Å². The van der Waals surface area contributed by atoms with Crippen LogP contribution in [0.25, 0.3) is 0 Å². The van der Waals surface area contributed by atoms with Gasteiger partial charge in [0, 0.05) is 23.0 Å². The van der Waals surface area contributed by atoms with Crippen LogP contribution in [0.3, 0.4) is 0 Å². The van der Waals surface area contributed by atoms with Crippen molar-refractivity contribution in [2.24, 2.45) is 5.92 Å². The Kier molecular flexibility index (Phi) is 6.31. The molecule has 0 bridgehead atoms. The van der Waals surface area contributed by atoms with E-state index in [1.165, 1.54) is 12.1 Å². The molecule has 7 nitrogen and oxygen atoms in total. The van der Waals surface area contributed by atoms with Crippen LogP contribution in [0, 0.1) is 19.8 Å². The molecule has 2 rings (SSSR count). The smallest absolute Gasteiger partial charge is 0.264 e. The molecular weight excluding hydrogens is 352 g/mol. The molecule has 0 unspecified atom stereocenters. The van der Waals surface area contributed by atoms with Gasteiger partial charge in [-0.05, 0) is 57.0 Å². The van der Waals surface area contributed by atoms with E-state index in [2.05, 4.69) is 20.0 Å². The highest BCUT2D eigenvalue weighted by Crippen LogP contribution is 2.18. The molecule has 8 heteroatoms. The van der Waals surface area contributed by atoms with E-state index in [0.29, 0.717) is 17.1 Å². The molecular formula is C18H24N4O3S. The van der Waals surface area contributed by atoms with Gasteiger partial charge in [0.25, 0.3) is 10.0 Å². The summed E-state index contributed by atoms with van der Waals surface area (Å²) in [6.45, 7) is 7.46. The summed E-state index contributed by atoms with van der Waals surface area (Å²) < 4.78 is 27.3. The Balaban J connectivity index is 2.14. The van der Waals surface area contributed by atoms with Crippen molar-refractivity contribution in [2.45, 2.75) is 45.4 Å². The zero-order valence-electron chi connectivity index (χ0n) is 15.4. The summed E-state index contributed by atoms with van der Waals surface area (Å²) in [5.74, 6) is -0.0808. The van der Waals surface area contributed by atoms with Crippen molar-refractivity contribution in [1.29, 1.82) is 0 Å². The highest BCUT2D eigenvalue weighted by atomic mass is 32.2. The average molecular weight is 376 g/mol. The van der Waals surface area contributed by atoms with Gasteiger partial charge in [-0.1, -0.05) is 13.8 Å². The highest BCUT2D eigenvalue weighted by Gasteiger charge is 2.17. The summed E-state index contributed by atoms with van der Waals surface area (Å²) in [4.78, 5) is 20.3. The van der Waals surface area contributed by atoms with Crippen molar-refractivity contribution in [3.63, 3.8) is 0 Å². The van der Waals surface area contributed by atoms with Gasteiger partial charge in [-0.15, -0.1) is 0 Å². The summed E-state index contributed by atoms with van der Waals surface area (Å²) in [6.07, 6.45) is 1.52. The number of amides is 1. The Hall–Kier alpha value is -2.48. The van der Waals surface area contributed by atoms with Crippen molar-refractivity contribution in [3.8, 4) is 0 Å². The van der Waals surface area contributed by atoms with Gasteiger partial charge in [0.2, 0.25) is 11.9 Å². The van der Waals surface area contributed by atoms with Crippen LogP contribution in [-0.2, 0) is 14.8 Å². The van der Waals surface area contributed by atoms with Gasteiger partial charge in [0.1, 0.15) is 0 Å². The number of carbonyl (C=O) groups excluding carboxylic acids is 1. The van der Waals surface area contributed by atoms with Crippen molar-refractivity contribution < 1.29 is 13.2 Å². The quantitative estimate of drug-likeness (QED) is 0.772. The number of carbonyl (C=O) groups is 1. The molecule has 140 valence electrons. The average Bonchev–Trinajstić information content (AvgIpc) is 2.55. The zero-order valence-corrected chi connectivity index (χ0v) is 16.2. The number of aryl methyl sites for hydroxylation is 2. The molecule has 0 saturated carbocycles. The molecule has 0 aliphatic heterocycles. The summed E-state index contributed by atoms with van der Waals surface area (Å²) in [5, 5.41) is 2.81. The lowest BCUT2D eigenvalue weighted by atomic mass is 10.0.